The van der Waals surface area contributed by atoms with Gasteiger partial charge in [-0.3, -0.25) is 0 Å². The van der Waals surface area contributed by atoms with Gasteiger partial charge in [0.1, 0.15) is 18.5 Å². The Hall–Kier alpha value is -1.26. The highest BCUT2D eigenvalue weighted by atomic mass is 16.5. The fraction of sp³-hybridized carbons (Fsp3) is 0.625. The van der Waals surface area contributed by atoms with Crippen LogP contribution >= 0.6 is 0 Å². The van der Waals surface area contributed by atoms with Gasteiger partial charge in [0.05, 0.1) is 0 Å². The Morgan fingerprint density at radius 1 is 1.45 bits per heavy atom. The van der Waals surface area contributed by atoms with Gasteiger partial charge >= 0.3 is 0 Å². The van der Waals surface area contributed by atoms with Crippen molar-refractivity contribution in [2.75, 3.05) is 32.0 Å². The van der Waals surface area contributed by atoms with Crippen molar-refractivity contribution in [3.8, 4) is 5.75 Å². The molecule has 0 amide bonds. The molecule has 4 nitrogen and oxygen atoms in total. The maximum absolute atomic E-state index is 10.1. The lowest BCUT2D eigenvalue weighted by molar-refractivity contribution is 0.0366. The fourth-order valence-corrected chi connectivity index (χ4v) is 2.85. The number of nitrogens with zero attached hydrogens (tertiary/aromatic N) is 1. The Kier molecular flexibility index (Phi) is 4.89. The predicted octanol–water partition coefficient (Wildman–Crippen LogP) is 2.13. The number of aliphatic hydroxyl groups excluding tert-OH is 1. The van der Waals surface area contributed by atoms with Gasteiger partial charge in [-0.05, 0) is 36.9 Å². The van der Waals surface area contributed by atoms with Gasteiger partial charge in [0.25, 0.3) is 0 Å². The van der Waals surface area contributed by atoms with Crippen LogP contribution in [0.5, 0.6) is 5.75 Å². The summed E-state index contributed by atoms with van der Waals surface area (Å²) in [7, 11) is 0. The number of ether oxygens (including phenoxy) is 1. The van der Waals surface area contributed by atoms with E-state index in [1.165, 1.54) is 12.8 Å². The van der Waals surface area contributed by atoms with E-state index < -0.39 is 6.10 Å². The lowest BCUT2D eigenvalue weighted by atomic mass is 9.84. The van der Waals surface area contributed by atoms with Crippen LogP contribution in [-0.2, 0) is 0 Å². The smallest absolute Gasteiger partial charge is 0.121 e. The molecule has 0 saturated carbocycles. The SMILES string of the molecule is CC1(C)CCCN(CC(O)COc2cccc(N)c2)C1. The number of anilines is 1. The predicted molar refractivity (Wildman–Crippen MR) is 81.8 cm³/mol. The van der Waals surface area contributed by atoms with Crippen molar-refractivity contribution in [1.29, 1.82) is 0 Å². The van der Waals surface area contributed by atoms with Crippen molar-refractivity contribution in [2.45, 2.75) is 32.8 Å². The summed E-state index contributed by atoms with van der Waals surface area (Å²) in [6.07, 6.45) is 2.00. The van der Waals surface area contributed by atoms with Gasteiger partial charge in [0.2, 0.25) is 0 Å². The molecule has 0 aromatic heterocycles. The average molecular weight is 278 g/mol. The number of aliphatic hydroxyl groups is 1. The minimum atomic E-state index is -0.467. The van der Waals surface area contributed by atoms with Gasteiger partial charge in [0, 0.05) is 24.8 Å². The van der Waals surface area contributed by atoms with Crippen molar-refractivity contribution in [2.24, 2.45) is 5.41 Å². The van der Waals surface area contributed by atoms with Crippen LogP contribution in [0, 0.1) is 5.41 Å². The van der Waals surface area contributed by atoms with Gasteiger partial charge in [0.15, 0.2) is 0 Å². The molecule has 1 saturated heterocycles. The molecule has 0 aliphatic carbocycles. The lowest BCUT2D eigenvalue weighted by Gasteiger charge is -2.38. The molecule has 1 aromatic carbocycles. The minimum Gasteiger partial charge on any atom is -0.491 e. The first-order valence-electron chi connectivity index (χ1n) is 7.33. The molecular weight excluding hydrogens is 252 g/mol. The number of nitrogen functional groups attached to an aromatic ring is 1. The molecule has 0 spiro atoms. The van der Waals surface area contributed by atoms with Crippen LogP contribution in [-0.4, -0.2) is 42.4 Å². The fourth-order valence-electron chi connectivity index (χ4n) is 2.85. The molecule has 20 heavy (non-hydrogen) atoms. The van der Waals surface area contributed by atoms with E-state index in [9.17, 15) is 5.11 Å². The average Bonchev–Trinajstić information content (AvgIpc) is 2.35. The third-order valence-corrected chi connectivity index (χ3v) is 3.75. The number of hydrogen-bond donors (Lipinski definition) is 2. The molecule has 0 radical (unpaired) electrons. The van der Waals surface area contributed by atoms with Crippen LogP contribution in [0.15, 0.2) is 24.3 Å². The summed E-state index contributed by atoms with van der Waals surface area (Å²) in [5.41, 5.74) is 6.72. The van der Waals surface area contributed by atoms with E-state index in [0.29, 0.717) is 30.0 Å². The Bertz CT molecular complexity index is 434. The number of benzene rings is 1. The first kappa shape index (κ1) is 15.1. The zero-order valence-corrected chi connectivity index (χ0v) is 12.5. The maximum Gasteiger partial charge on any atom is 0.121 e. The molecule has 1 unspecified atom stereocenters. The topological polar surface area (TPSA) is 58.7 Å². The van der Waals surface area contributed by atoms with E-state index in [2.05, 4.69) is 18.7 Å². The van der Waals surface area contributed by atoms with Crippen molar-refractivity contribution >= 4 is 5.69 Å². The molecule has 1 atom stereocenters. The third-order valence-electron chi connectivity index (χ3n) is 3.75. The van der Waals surface area contributed by atoms with Crippen molar-refractivity contribution in [3.05, 3.63) is 24.3 Å². The summed E-state index contributed by atoms with van der Waals surface area (Å²) >= 11 is 0. The van der Waals surface area contributed by atoms with E-state index in [1.807, 2.05) is 18.2 Å². The summed E-state index contributed by atoms with van der Waals surface area (Å²) < 4.78 is 5.59. The van der Waals surface area contributed by atoms with Gasteiger partial charge in [-0.1, -0.05) is 19.9 Å². The summed E-state index contributed by atoms with van der Waals surface area (Å²) in [6, 6.07) is 7.30. The summed E-state index contributed by atoms with van der Waals surface area (Å²) in [5.74, 6) is 0.711. The number of rotatable bonds is 5. The normalized spacial score (nSPS) is 20.6. The second kappa shape index (κ2) is 6.46. The molecule has 1 aliphatic rings. The quantitative estimate of drug-likeness (QED) is 0.810. The number of β-amino-alcohol motifs (C(OH)–C–C–N with tert-alkyl or cyclic N) is 1. The van der Waals surface area contributed by atoms with Crippen LogP contribution in [0.3, 0.4) is 0 Å². The standard InChI is InChI=1S/C16H26N2O2/c1-16(2)7-4-8-18(12-16)10-14(19)11-20-15-6-3-5-13(17)9-15/h3,5-6,9,14,19H,4,7-8,10-12,17H2,1-2H3. The number of piperidine rings is 1. The highest BCUT2D eigenvalue weighted by molar-refractivity contribution is 5.43. The Balaban J connectivity index is 1.76. The van der Waals surface area contributed by atoms with Crippen LogP contribution in [0.25, 0.3) is 0 Å². The van der Waals surface area contributed by atoms with Gasteiger partial charge < -0.3 is 20.5 Å². The second-order valence-corrected chi connectivity index (χ2v) is 6.54. The summed E-state index contributed by atoms with van der Waals surface area (Å²) in [6.45, 7) is 7.66. The van der Waals surface area contributed by atoms with E-state index in [0.717, 1.165) is 13.1 Å². The number of likely N-dealkylation sites (tertiary alicyclic amines) is 1. The zero-order valence-electron chi connectivity index (χ0n) is 12.5. The highest BCUT2D eigenvalue weighted by Gasteiger charge is 2.27. The zero-order chi connectivity index (χ0) is 14.6. The first-order valence-corrected chi connectivity index (χ1v) is 7.33. The Labute approximate surface area is 121 Å². The first-order chi connectivity index (χ1) is 9.44. The summed E-state index contributed by atoms with van der Waals surface area (Å²) in [4.78, 5) is 2.33. The molecule has 1 aliphatic heterocycles. The van der Waals surface area contributed by atoms with E-state index in [4.69, 9.17) is 10.5 Å². The van der Waals surface area contributed by atoms with Crippen molar-refractivity contribution in [3.63, 3.8) is 0 Å². The second-order valence-electron chi connectivity index (χ2n) is 6.54. The van der Waals surface area contributed by atoms with E-state index in [-0.39, 0.29) is 0 Å². The molecule has 1 fully saturated rings. The van der Waals surface area contributed by atoms with Crippen LogP contribution < -0.4 is 10.5 Å². The monoisotopic (exact) mass is 278 g/mol. The molecular formula is C16H26N2O2. The molecule has 1 heterocycles. The van der Waals surface area contributed by atoms with Crippen LogP contribution in [0.4, 0.5) is 5.69 Å². The number of nitrogens with two attached hydrogens (primary N) is 1. The molecule has 112 valence electrons. The summed E-state index contributed by atoms with van der Waals surface area (Å²) in [5, 5.41) is 10.1. The Morgan fingerprint density at radius 2 is 2.25 bits per heavy atom. The maximum atomic E-state index is 10.1. The van der Waals surface area contributed by atoms with E-state index in [1.54, 1.807) is 6.07 Å². The van der Waals surface area contributed by atoms with E-state index >= 15 is 0 Å². The largest absolute Gasteiger partial charge is 0.491 e. The van der Waals surface area contributed by atoms with Crippen molar-refractivity contribution < 1.29 is 9.84 Å². The highest BCUT2D eigenvalue weighted by Crippen LogP contribution is 2.28. The third kappa shape index (κ3) is 4.69. The van der Waals surface area contributed by atoms with Crippen LogP contribution in [0.1, 0.15) is 26.7 Å². The Morgan fingerprint density at radius 3 is 2.95 bits per heavy atom. The molecule has 4 heteroatoms. The number of hydrogen-bond acceptors (Lipinski definition) is 4. The van der Waals surface area contributed by atoms with Gasteiger partial charge in [-0.15, -0.1) is 0 Å². The minimum absolute atomic E-state index is 0.306. The molecule has 3 N–H and O–H groups in total. The molecule has 1 aromatic rings. The lowest BCUT2D eigenvalue weighted by Crippen LogP contribution is -2.44. The van der Waals surface area contributed by atoms with Crippen LogP contribution in [0.2, 0.25) is 0 Å². The van der Waals surface area contributed by atoms with Gasteiger partial charge in [-0.2, -0.15) is 0 Å². The molecule has 0 bridgehead atoms. The van der Waals surface area contributed by atoms with Crippen molar-refractivity contribution in [1.82, 2.24) is 4.90 Å². The van der Waals surface area contributed by atoms with Gasteiger partial charge in [-0.25, -0.2) is 0 Å². The molecule has 2 rings (SSSR count).